The highest BCUT2D eigenvalue weighted by atomic mass is 17.2. The Balaban J connectivity index is 0.000000516. The van der Waals surface area contributed by atoms with Crippen LogP contribution in [0.25, 0.3) is 0 Å². The van der Waals surface area contributed by atoms with Crippen LogP contribution in [0.4, 0.5) is 9.59 Å². The zero-order chi connectivity index (χ0) is 21.9. The molecule has 0 aromatic rings. The molecule has 0 saturated heterocycles. The smallest absolute Gasteiger partial charge is 0.449 e. The zero-order valence-electron chi connectivity index (χ0n) is 18.6. The largest absolute Gasteiger partial charge is 0.516 e. The molecule has 0 bridgehead atoms. The standard InChI is InChI=1S/C20H38O2.C2H2O5/c1-5-19(6-2)13-9-17(10-14-19)21-22-18-11-15-20(7-3,8-4)16-12-18;3-1(4)7-2(5)6/h17-18H,5-16H2,1-4H3;(H,3,4)(H,5,6). The molecule has 0 heterocycles. The molecule has 29 heavy (non-hydrogen) atoms. The van der Waals surface area contributed by atoms with Crippen molar-refractivity contribution in [1.29, 1.82) is 0 Å². The van der Waals surface area contributed by atoms with Crippen molar-refractivity contribution >= 4 is 12.3 Å². The third kappa shape index (κ3) is 8.51. The molecule has 7 heteroatoms. The molecule has 2 rings (SSSR count). The minimum Gasteiger partial charge on any atom is -0.449 e. The molecule has 2 fully saturated rings. The quantitative estimate of drug-likeness (QED) is 0.204. The van der Waals surface area contributed by atoms with Gasteiger partial charge in [-0.25, -0.2) is 19.4 Å². The van der Waals surface area contributed by atoms with Gasteiger partial charge in [0.15, 0.2) is 0 Å². The molecule has 0 radical (unpaired) electrons. The average Bonchev–Trinajstić information content (AvgIpc) is 2.72. The second kappa shape index (κ2) is 12.4. The molecule has 0 aromatic heterocycles. The van der Waals surface area contributed by atoms with Crippen molar-refractivity contribution in [2.24, 2.45) is 10.8 Å². The van der Waals surface area contributed by atoms with E-state index >= 15 is 0 Å². The van der Waals surface area contributed by atoms with E-state index in [0.717, 1.165) is 0 Å². The molecular formula is C22H40O7. The lowest BCUT2D eigenvalue weighted by atomic mass is 9.70. The summed E-state index contributed by atoms with van der Waals surface area (Å²) in [6.07, 6.45) is 12.3. The number of hydrogen-bond acceptors (Lipinski definition) is 5. The Morgan fingerprint density at radius 1 is 0.690 bits per heavy atom. The number of rotatable bonds is 7. The van der Waals surface area contributed by atoms with Gasteiger partial charge in [-0.1, -0.05) is 53.4 Å². The number of carbonyl (C=O) groups is 2. The summed E-state index contributed by atoms with van der Waals surface area (Å²) < 4.78 is 3.08. The Labute approximate surface area is 175 Å². The van der Waals surface area contributed by atoms with E-state index in [1.54, 1.807) is 0 Å². The van der Waals surface area contributed by atoms with Gasteiger partial charge in [-0.3, -0.25) is 0 Å². The van der Waals surface area contributed by atoms with E-state index in [1.165, 1.54) is 77.0 Å². The van der Waals surface area contributed by atoms with Crippen LogP contribution in [0.15, 0.2) is 0 Å². The van der Waals surface area contributed by atoms with Gasteiger partial charge >= 0.3 is 12.3 Å². The predicted molar refractivity (Wildman–Crippen MR) is 110 cm³/mol. The monoisotopic (exact) mass is 416 g/mol. The maximum absolute atomic E-state index is 9.21. The second-order valence-electron chi connectivity index (χ2n) is 8.64. The van der Waals surface area contributed by atoms with Crippen molar-refractivity contribution in [2.75, 3.05) is 0 Å². The predicted octanol–water partition coefficient (Wildman–Crippen LogP) is 6.79. The first-order valence-corrected chi connectivity index (χ1v) is 11.2. The fraction of sp³-hybridized carbons (Fsp3) is 0.909. The van der Waals surface area contributed by atoms with E-state index in [4.69, 9.17) is 20.0 Å². The van der Waals surface area contributed by atoms with E-state index < -0.39 is 12.3 Å². The molecule has 0 unspecified atom stereocenters. The molecule has 0 aromatic carbocycles. The van der Waals surface area contributed by atoms with Crippen LogP contribution >= 0.6 is 0 Å². The van der Waals surface area contributed by atoms with Gasteiger partial charge in [0.2, 0.25) is 0 Å². The molecule has 0 spiro atoms. The van der Waals surface area contributed by atoms with Gasteiger partial charge in [0.1, 0.15) is 0 Å². The summed E-state index contributed by atoms with van der Waals surface area (Å²) in [5, 5.41) is 15.0. The molecule has 2 aliphatic rings. The lowest BCUT2D eigenvalue weighted by Crippen LogP contribution is -2.33. The SMILES string of the molecule is CCC1(CC)CCC(OOC2CCC(CC)(CC)CC2)CC1.O=C(O)OC(=O)O. The molecular weight excluding hydrogens is 376 g/mol. The highest BCUT2D eigenvalue weighted by molar-refractivity contribution is 5.74. The van der Waals surface area contributed by atoms with Crippen molar-refractivity contribution in [3.63, 3.8) is 0 Å². The molecule has 2 saturated carbocycles. The Bertz CT molecular complexity index is 433. The minimum atomic E-state index is -1.81. The maximum atomic E-state index is 9.21. The van der Waals surface area contributed by atoms with Gasteiger partial charge in [0.25, 0.3) is 0 Å². The van der Waals surface area contributed by atoms with Crippen LogP contribution < -0.4 is 0 Å². The van der Waals surface area contributed by atoms with Crippen molar-refractivity contribution in [3.05, 3.63) is 0 Å². The Hall–Kier alpha value is -1.34. The summed E-state index contributed by atoms with van der Waals surface area (Å²) in [6.45, 7) is 9.38. The van der Waals surface area contributed by atoms with Gasteiger partial charge in [-0.05, 0) is 62.2 Å². The Morgan fingerprint density at radius 2 is 0.966 bits per heavy atom. The van der Waals surface area contributed by atoms with E-state index in [-0.39, 0.29) is 0 Å². The lowest BCUT2D eigenvalue weighted by molar-refractivity contribution is -0.362. The first-order valence-electron chi connectivity index (χ1n) is 11.2. The van der Waals surface area contributed by atoms with Gasteiger partial charge in [-0.2, -0.15) is 0 Å². The van der Waals surface area contributed by atoms with E-state index in [2.05, 4.69) is 32.4 Å². The number of carboxylic acid groups (broad SMARTS) is 2. The van der Waals surface area contributed by atoms with Crippen LogP contribution in [-0.2, 0) is 14.5 Å². The maximum Gasteiger partial charge on any atom is 0.516 e. The van der Waals surface area contributed by atoms with Gasteiger partial charge in [0, 0.05) is 0 Å². The molecule has 2 aliphatic carbocycles. The van der Waals surface area contributed by atoms with E-state index in [9.17, 15) is 9.59 Å². The molecule has 0 atom stereocenters. The summed E-state index contributed by atoms with van der Waals surface area (Å²) in [5.74, 6) is 0. The fourth-order valence-corrected chi connectivity index (χ4v) is 4.75. The van der Waals surface area contributed by atoms with Crippen LogP contribution in [0.5, 0.6) is 0 Å². The molecule has 7 nitrogen and oxygen atoms in total. The van der Waals surface area contributed by atoms with Crippen LogP contribution in [0.2, 0.25) is 0 Å². The molecule has 0 aliphatic heterocycles. The van der Waals surface area contributed by atoms with Crippen molar-refractivity contribution in [1.82, 2.24) is 0 Å². The van der Waals surface area contributed by atoms with E-state index in [1.807, 2.05) is 0 Å². The first-order chi connectivity index (χ1) is 13.7. The highest BCUT2D eigenvalue weighted by Crippen LogP contribution is 2.44. The van der Waals surface area contributed by atoms with Gasteiger partial charge < -0.3 is 14.9 Å². The summed E-state index contributed by atoms with van der Waals surface area (Å²) in [7, 11) is 0. The minimum absolute atomic E-state index is 0.343. The third-order valence-electron chi connectivity index (χ3n) is 7.49. The summed E-state index contributed by atoms with van der Waals surface area (Å²) in [4.78, 5) is 30.1. The topological polar surface area (TPSA) is 102 Å². The molecule has 0 amide bonds. The summed E-state index contributed by atoms with van der Waals surface area (Å²) in [6, 6.07) is 0. The van der Waals surface area contributed by atoms with Gasteiger partial charge in [-0.15, -0.1) is 0 Å². The number of ether oxygens (including phenoxy) is 1. The van der Waals surface area contributed by atoms with Crippen molar-refractivity contribution in [2.45, 2.75) is 117 Å². The second-order valence-corrected chi connectivity index (χ2v) is 8.64. The average molecular weight is 417 g/mol. The van der Waals surface area contributed by atoms with Crippen LogP contribution in [0, 0.1) is 10.8 Å². The summed E-state index contributed by atoms with van der Waals surface area (Å²) in [5.41, 5.74) is 1.18. The van der Waals surface area contributed by atoms with E-state index in [0.29, 0.717) is 23.0 Å². The fourth-order valence-electron chi connectivity index (χ4n) is 4.75. The first kappa shape index (κ1) is 25.7. The summed E-state index contributed by atoms with van der Waals surface area (Å²) >= 11 is 0. The van der Waals surface area contributed by atoms with Gasteiger partial charge in [0.05, 0.1) is 12.2 Å². The van der Waals surface area contributed by atoms with Crippen LogP contribution in [-0.4, -0.2) is 34.7 Å². The van der Waals surface area contributed by atoms with Crippen molar-refractivity contribution in [3.8, 4) is 0 Å². The van der Waals surface area contributed by atoms with Crippen molar-refractivity contribution < 1.29 is 34.3 Å². The Morgan fingerprint density at radius 3 is 1.14 bits per heavy atom. The van der Waals surface area contributed by atoms with Crippen LogP contribution in [0.1, 0.15) is 105 Å². The third-order valence-corrected chi connectivity index (χ3v) is 7.49. The number of hydrogen-bond donors (Lipinski definition) is 2. The molecule has 2 N–H and O–H groups in total. The Kier molecular flexibility index (Phi) is 11.0. The highest BCUT2D eigenvalue weighted by Gasteiger charge is 2.35. The lowest BCUT2D eigenvalue weighted by Gasteiger charge is -2.40. The zero-order valence-corrected chi connectivity index (χ0v) is 18.6. The van der Waals surface area contributed by atoms with Crippen LogP contribution in [0.3, 0.4) is 0 Å². The normalized spacial score (nSPS) is 21.7. The molecule has 170 valence electrons.